The van der Waals surface area contributed by atoms with E-state index in [0.717, 1.165) is 19.6 Å². The van der Waals surface area contributed by atoms with E-state index in [9.17, 15) is 4.79 Å². The number of carbonyl (C=O) groups excluding carboxylic acids is 1. The molecule has 2 saturated heterocycles. The minimum Gasteiger partial charge on any atom is -0.381 e. The summed E-state index contributed by atoms with van der Waals surface area (Å²) in [5, 5.41) is 0. The summed E-state index contributed by atoms with van der Waals surface area (Å²) in [6.07, 6.45) is 2.41. The van der Waals surface area contributed by atoms with Gasteiger partial charge in [0.15, 0.2) is 0 Å². The zero-order valence-corrected chi connectivity index (χ0v) is 7.12. The minimum atomic E-state index is 0.147. The topological polar surface area (TPSA) is 35.5 Å². The Morgan fingerprint density at radius 1 is 1.33 bits per heavy atom. The molecule has 0 saturated carbocycles. The number of Topliss-reactive ketones (excluding diaryl/α,β-unsaturated/α-hetero) is 1. The second-order valence-corrected chi connectivity index (χ2v) is 3.53. The molecule has 2 aliphatic rings. The summed E-state index contributed by atoms with van der Waals surface area (Å²) in [5.74, 6) is 0.812. The van der Waals surface area contributed by atoms with Crippen LogP contribution in [0.15, 0.2) is 0 Å². The molecule has 0 radical (unpaired) electrons. The van der Waals surface area contributed by atoms with Crippen molar-refractivity contribution in [2.75, 3.05) is 19.8 Å². The van der Waals surface area contributed by atoms with E-state index in [0.29, 0.717) is 31.1 Å². The van der Waals surface area contributed by atoms with E-state index in [-0.39, 0.29) is 6.10 Å². The van der Waals surface area contributed by atoms with Gasteiger partial charge in [0.25, 0.3) is 0 Å². The molecule has 0 bridgehead atoms. The minimum absolute atomic E-state index is 0.147. The fourth-order valence-corrected chi connectivity index (χ4v) is 1.86. The highest BCUT2D eigenvalue weighted by atomic mass is 16.5. The van der Waals surface area contributed by atoms with Gasteiger partial charge in [-0.15, -0.1) is 0 Å². The molecule has 2 rings (SSSR count). The smallest absolute Gasteiger partial charge is 0.137 e. The van der Waals surface area contributed by atoms with E-state index in [1.807, 2.05) is 0 Å². The lowest BCUT2D eigenvalue weighted by atomic mass is 9.94. The average molecular weight is 170 g/mol. The van der Waals surface area contributed by atoms with Gasteiger partial charge < -0.3 is 9.47 Å². The van der Waals surface area contributed by atoms with Gasteiger partial charge in [0.2, 0.25) is 0 Å². The van der Waals surface area contributed by atoms with Crippen molar-refractivity contribution in [2.24, 2.45) is 5.92 Å². The lowest BCUT2D eigenvalue weighted by Crippen LogP contribution is -2.32. The lowest BCUT2D eigenvalue weighted by molar-refractivity contribution is -0.130. The Morgan fingerprint density at radius 2 is 2.25 bits per heavy atom. The Bertz CT molecular complexity index is 173. The standard InChI is InChI=1S/C9H14O3/c10-8-2-4-12-9(5-8)7-1-3-11-6-7/h7,9H,1-6H2. The molecular formula is C9H14O3. The van der Waals surface area contributed by atoms with Crippen LogP contribution in [0.25, 0.3) is 0 Å². The molecule has 0 aromatic heterocycles. The van der Waals surface area contributed by atoms with Gasteiger partial charge in [0.05, 0.1) is 19.3 Å². The third-order valence-electron chi connectivity index (χ3n) is 2.63. The van der Waals surface area contributed by atoms with Crippen molar-refractivity contribution < 1.29 is 14.3 Å². The molecule has 2 aliphatic heterocycles. The highest BCUT2D eigenvalue weighted by molar-refractivity contribution is 5.79. The van der Waals surface area contributed by atoms with Gasteiger partial charge in [0, 0.05) is 25.4 Å². The van der Waals surface area contributed by atoms with Crippen molar-refractivity contribution in [3.05, 3.63) is 0 Å². The van der Waals surface area contributed by atoms with Gasteiger partial charge in [-0.2, -0.15) is 0 Å². The first-order chi connectivity index (χ1) is 5.86. The molecule has 2 fully saturated rings. The summed E-state index contributed by atoms with van der Waals surface area (Å²) < 4.78 is 10.8. The van der Waals surface area contributed by atoms with Crippen molar-refractivity contribution in [1.29, 1.82) is 0 Å². The molecule has 0 aliphatic carbocycles. The number of ketones is 1. The Morgan fingerprint density at radius 3 is 2.92 bits per heavy atom. The van der Waals surface area contributed by atoms with Crippen LogP contribution in [0.5, 0.6) is 0 Å². The van der Waals surface area contributed by atoms with Crippen molar-refractivity contribution in [1.82, 2.24) is 0 Å². The van der Waals surface area contributed by atoms with Crippen molar-refractivity contribution in [3.63, 3.8) is 0 Å². The van der Waals surface area contributed by atoms with Gasteiger partial charge >= 0.3 is 0 Å². The maximum Gasteiger partial charge on any atom is 0.137 e. The summed E-state index contributed by atoms with van der Waals surface area (Å²) in [6, 6.07) is 0. The molecule has 3 nitrogen and oxygen atoms in total. The largest absolute Gasteiger partial charge is 0.381 e. The molecule has 2 heterocycles. The van der Waals surface area contributed by atoms with Gasteiger partial charge in [0.1, 0.15) is 5.78 Å². The number of hydrogen-bond acceptors (Lipinski definition) is 3. The SMILES string of the molecule is O=C1CCOC(C2CCOC2)C1. The van der Waals surface area contributed by atoms with Crippen molar-refractivity contribution >= 4 is 5.78 Å². The molecule has 2 unspecified atom stereocenters. The molecular weight excluding hydrogens is 156 g/mol. The lowest BCUT2D eigenvalue weighted by Gasteiger charge is -2.25. The summed E-state index contributed by atoms with van der Waals surface area (Å²) in [6.45, 7) is 2.22. The van der Waals surface area contributed by atoms with Crippen molar-refractivity contribution in [3.8, 4) is 0 Å². The highest BCUT2D eigenvalue weighted by Crippen LogP contribution is 2.24. The maximum absolute atomic E-state index is 11.1. The molecule has 3 heteroatoms. The molecule has 2 atom stereocenters. The fraction of sp³-hybridized carbons (Fsp3) is 0.889. The van der Waals surface area contributed by atoms with Gasteiger partial charge in [-0.3, -0.25) is 4.79 Å². The van der Waals surface area contributed by atoms with Crippen LogP contribution in [0.3, 0.4) is 0 Å². The molecule has 12 heavy (non-hydrogen) atoms. The second-order valence-electron chi connectivity index (χ2n) is 3.53. The number of hydrogen-bond donors (Lipinski definition) is 0. The van der Waals surface area contributed by atoms with E-state index in [1.54, 1.807) is 0 Å². The first-order valence-electron chi connectivity index (χ1n) is 4.57. The van der Waals surface area contributed by atoms with Crippen LogP contribution in [-0.4, -0.2) is 31.7 Å². The Hall–Kier alpha value is -0.410. The number of rotatable bonds is 1. The Balaban J connectivity index is 1.89. The van der Waals surface area contributed by atoms with E-state index < -0.39 is 0 Å². The quantitative estimate of drug-likeness (QED) is 0.583. The van der Waals surface area contributed by atoms with Crippen LogP contribution in [0.1, 0.15) is 19.3 Å². The second kappa shape index (κ2) is 3.54. The zero-order chi connectivity index (χ0) is 8.39. The Labute approximate surface area is 72.0 Å². The third kappa shape index (κ3) is 1.67. The van der Waals surface area contributed by atoms with Gasteiger partial charge in [-0.05, 0) is 6.42 Å². The van der Waals surface area contributed by atoms with Crippen molar-refractivity contribution in [2.45, 2.75) is 25.4 Å². The Kier molecular flexibility index (Phi) is 2.42. The number of ether oxygens (including phenoxy) is 2. The van der Waals surface area contributed by atoms with Gasteiger partial charge in [-0.1, -0.05) is 0 Å². The predicted molar refractivity (Wildman–Crippen MR) is 42.9 cm³/mol. The number of carbonyl (C=O) groups is 1. The average Bonchev–Trinajstić information content (AvgIpc) is 2.56. The summed E-state index contributed by atoms with van der Waals surface area (Å²) in [7, 11) is 0. The van der Waals surface area contributed by atoms with Crippen LogP contribution in [0, 0.1) is 5.92 Å². The van der Waals surface area contributed by atoms with Crippen LogP contribution < -0.4 is 0 Å². The highest BCUT2D eigenvalue weighted by Gasteiger charge is 2.30. The van der Waals surface area contributed by atoms with E-state index in [1.165, 1.54) is 0 Å². The maximum atomic E-state index is 11.1. The van der Waals surface area contributed by atoms with Crippen LogP contribution in [0.2, 0.25) is 0 Å². The molecule has 0 spiro atoms. The van der Waals surface area contributed by atoms with Crippen LogP contribution in [0.4, 0.5) is 0 Å². The molecule has 68 valence electrons. The molecule has 0 aromatic rings. The molecule has 0 amide bonds. The van der Waals surface area contributed by atoms with E-state index >= 15 is 0 Å². The monoisotopic (exact) mass is 170 g/mol. The predicted octanol–water partition coefficient (Wildman–Crippen LogP) is 0.771. The zero-order valence-electron chi connectivity index (χ0n) is 7.12. The normalized spacial score (nSPS) is 37.2. The first-order valence-corrected chi connectivity index (χ1v) is 4.57. The third-order valence-corrected chi connectivity index (χ3v) is 2.63. The van der Waals surface area contributed by atoms with Crippen LogP contribution >= 0.6 is 0 Å². The summed E-state index contributed by atoms with van der Waals surface area (Å²) in [4.78, 5) is 11.1. The van der Waals surface area contributed by atoms with Crippen LogP contribution in [-0.2, 0) is 14.3 Å². The van der Waals surface area contributed by atoms with Gasteiger partial charge in [-0.25, -0.2) is 0 Å². The summed E-state index contributed by atoms with van der Waals surface area (Å²) in [5.41, 5.74) is 0. The molecule has 0 aromatic carbocycles. The van der Waals surface area contributed by atoms with E-state index in [2.05, 4.69) is 0 Å². The fourth-order valence-electron chi connectivity index (χ4n) is 1.86. The first kappa shape index (κ1) is 8.20. The summed E-state index contributed by atoms with van der Waals surface area (Å²) >= 11 is 0. The van der Waals surface area contributed by atoms with E-state index in [4.69, 9.17) is 9.47 Å². The molecule has 0 N–H and O–H groups in total.